The molecule has 0 aromatic heterocycles. The van der Waals surface area contributed by atoms with Crippen LogP contribution in [0.2, 0.25) is 0 Å². The number of carbonyl (C=O) groups excluding carboxylic acids is 1. The Labute approximate surface area is 109 Å². The molecule has 0 radical (unpaired) electrons. The Balaban J connectivity index is 2.38. The number of hydrogen-bond acceptors (Lipinski definition) is 3. The van der Waals surface area contributed by atoms with E-state index in [-0.39, 0.29) is 17.9 Å². The van der Waals surface area contributed by atoms with Crippen molar-refractivity contribution in [2.24, 2.45) is 5.92 Å². The summed E-state index contributed by atoms with van der Waals surface area (Å²) in [5.41, 5.74) is 2.64. The maximum atomic E-state index is 11.9. The van der Waals surface area contributed by atoms with E-state index in [1.807, 2.05) is 6.92 Å². The van der Waals surface area contributed by atoms with E-state index < -0.39 is 0 Å². The molecule has 2 atom stereocenters. The zero-order chi connectivity index (χ0) is 13.1. The van der Waals surface area contributed by atoms with E-state index >= 15 is 0 Å². The third-order valence-electron chi connectivity index (χ3n) is 3.91. The summed E-state index contributed by atoms with van der Waals surface area (Å²) in [5.74, 6) is -0.187. The third-order valence-corrected chi connectivity index (χ3v) is 3.91. The Morgan fingerprint density at radius 3 is 2.89 bits per heavy atom. The summed E-state index contributed by atoms with van der Waals surface area (Å²) in [4.78, 5) is 14.2. The Hall–Kier alpha value is -1.35. The van der Waals surface area contributed by atoms with Crippen molar-refractivity contribution in [3.05, 3.63) is 35.4 Å². The SMILES string of the molecule is CCC(C(=O)OC)C1c2ccccc2CCN1C. The highest BCUT2D eigenvalue weighted by atomic mass is 16.5. The van der Waals surface area contributed by atoms with Crippen LogP contribution in [0.3, 0.4) is 0 Å². The van der Waals surface area contributed by atoms with Gasteiger partial charge in [0.25, 0.3) is 0 Å². The Kier molecular flexibility index (Phi) is 4.02. The molecule has 3 heteroatoms. The summed E-state index contributed by atoms with van der Waals surface area (Å²) in [7, 11) is 3.56. The predicted molar refractivity (Wildman–Crippen MR) is 71.3 cm³/mol. The zero-order valence-corrected chi connectivity index (χ0v) is 11.3. The van der Waals surface area contributed by atoms with Gasteiger partial charge < -0.3 is 4.74 Å². The Morgan fingerprint density at radius 1 is 1.50 bits per heavy atom. The smallest absolute Gasteiger partial charge is 0.310 e. The van der Waals surface area contributed by atoms with Crippen molar-refractivity contribution >= 4 is 5.97 Å². The van der Waals surface area contributed by atoms with Gasteiger partial charge in [0.2, 0.25) is 0 Å². The second kappa shape index (κ2) is 5.53. The molecule has 2 unspecified atom stereocenters. The highest BCUT2D eigenvalue weighted by Crippen LogP contribution is 2.36. The van der Waals surface area contributed by atoms with Crippen molar-refractivity contribution in [2.75, 3.05) is 20.7 Å². The monoisotopic (exact) mass is 247 g/mol. The molecule has 1 aromatic carbocycles. The average Bonchev–Trinajstić information content (AvgIpc) is 2.41. The highest BCUT2D eigenvalue weighted by molar-refractivity contribution is 5.73. The molecule has 0 amide bonds. The lowest BCUT2D eigenvalue weighted by Crippen LogP contribution is -2.39. The summed E-state index contributed by atoms with van der Waals surface area (Å²) in [6, 6.07) is 8.57. The molecule has 18 heavy (non-hydrogen) atoms. The first-order chi connectivity index (χ1) is 8.69. The van der Waals surface area contributed by atoms with Crippen LogP contribution in [0.15, 0.2) is 24.3 Å². The predicted octanol–water partition coefficient (Wildman–Crippen LogP) is 2.41. The van der Waals surface area contributed by atoms with Crippen LogP contribution in [0.1, 0.15) is 30.5 Å². The molecule has 0 aliphatic carbocycles. The van der Waals surface area contributed by atoms with E-state index in [1.165, 1.54) is 18.2 Å². The molecule has 2 rings (SSSR count). The first kappa shape index (κ1) is 13.1. The van der Waals surface area contributed by atoms with E-state index in [9.17, 15) is 4.79 Å². The minimum Gasteiger partial charge on any atom is -0.469 e. The molecular formula is C15H21NO2. The zero-order valence-electron chi connectivity index (χ0n) is 11.3. The fraction of sp³-hybridized carbons (Fsp3) is 0.533. The van der Waals surface area contributed by atoms with Gasteiger partial charge in [-0.3, -0.25) is 9.69 Å². The first-order valence-corrected chi connectivity index (χ1v) is 6.55. The van der Waals surface area contributed by atoms with Crippen molar-refractivity contribution in [2.45, 2.75) is 25.8 Å². The van der Waals surface area contributed by atoms with Crippen LogP contribution >= 0.6 is 0 Å². The van der Waals surface area contributed by atoms with Gasteiger partial charge in [0.05, 0.1) is 13.0 Å². The number of ether oxygens (including phenoxy) is 1. The quantitative estimate of drug-likeness (QED) is 0.768. The van der Waals surface area contributed by atoms with Gasteiger partial charge in [-0.15, -0.1) is 0 Å². The Morgan fingerprint density at radius 2 is 2.22 bits per heavy atom. The molecule has 0 saturated carbocycles. The van der Waals surface area contributed by atoms with Crippen molar-refractivity contribution in [1.82, 2.24) is 4.90 Å². The van der Waals surface area contributed by atoms with Crippen molar-refractivity contribution in [3.8, 4) is 0 Å². The standard InChI is InChI=1S/C15H21NO2/c1-4-12(15(17)18-3)14-13-8-6-5-7-11(13)9-10-16(14)2/h5-8,12,14H,4,9-10H2,1-3H3. The average molecular weight is 247 g/mol. The molecule has 98 valence electrons. The number of fused-ring (bicyclic) bond motifs is 1. The molecule has 0 bridgehead atoms. The van der Waals surface area contributed by atoms with Crippen molar-refractivity contribution in [3.63, 3.8) is 0 Å². The first-order valence-electron chi connectivity index (χ1n) is 6.55. The van der Waals surface area contributed by atoms with Gasteiger partial charge in [-0.25, -0.2) is 0 Å². The van der Waals surface area contributed by atoms with Crippen LogP contribution in [-0.4, -0.2) is 31.6 Å². The summed E-state index contributed by atoms with van der Waals surface area (Å²) >= 11 is 0. The van der Waals surface area contributed by atoms with E-state index in [4.69, 9.17) is 4.74 Å². The lowest BCUT2D eigenvalue weighted by atomic mass is 9.84. The summed E-state index contributed by atoms with van der Waals surface area (Å²) in [6.45, 7) is 3.04. The van der Waals surface area contributed by atoms with Gasteiger partial charge in [-0.2, -0.15) is 0 Å². The molecule has 0 fully saturated rings. The van der Waals surface area contributed by atoms with E-state index in [1.54, 1.807) is 0 Å². The van der Waals surface area contributed by atoms with Crippen LogP contribution in [0.4, 0.5) is 0 Å². The van der Waals surface area contributed by atoms with E-state index in [0.29, 0.717) is 0 Å². The molecular weight excluding hydrogens is 226 g/mol. The number of hydrogen-bond donors (Lipinski definition) is 0. The van der Waals surface area contributed by atoms with Gasteiger partial charge in [0, 0.05) is 12.6 Å². The number of carbonyl (C=O) groups is 1. The minimum absolute atomic E-state index is 0.0820. The van der Waals surface area contributed by atoms with Crippen LogP contribution in [0, 0.1) is 5.92 Å². The largest absolute Gasteiger partial charge is 0.469 e. The van der Waals surface area contributed by atoms with Gasteiger partial charge in [0.1, 0.15) is 0 Å². The molecule has 0 spiro atoms. The summed E-state index contributed by atoms with van der Waals surface area (Å²) in [6.07, 6.45) is 1.86. The minimum atomic E-state index is -0.106. The van der Waals surface area contributed by atoms with Gasteiger partial charge in [0.15, 0.2) is 0 Å². The summed E-state index contributed by atoms with van der Waals surface area (Å²) in [5, 5.41) is 0. The number of esters is 1. The van der Waals surface area contributed by atoms with Crippen LogP contribution in [0.5, 0.6) is 0 Å². The van der Waals surface area contributed by atoms with Crippen molar-refractivity contribution in [1.29, 1.82) is 0 Å². The Bertz CT molecular complexity index is 430. The van der Waals surface area contributed by atoms with Crippen LogP contribution in [0.25, 0.3) is 0 Å². The molecule has 1 aliphatic heterocycles. The number of methoxy groups -OCH3 is 1. The molecule has 0 N–H and O–H groups in total. The molecule has 1 heterocycles. The lowest BCUT2D eigenvalue weighted by Gasteiger charge is -2.38. The van der Waals surface area contributed by atoms with Gasteiger partial charge >= 0.3 is 5.97 Å². The van der Waals surface area contributed by atoms with Gasteiger partial charge in [-0.05, 0) is 31.0 Å². The fourth-order valence-electron chi connectivity index (χ4n) is 2.92. The number of rotatable bonds is 3. The highest BCUT2D eigenvalue weighted by Gasteiger charge is 2.35. The normalized spacial score (nSPS) is 21.2. The third kappa shape index (κ3) is 2.27. The summed E-state index contributed by atoms with van der Waals surface area (Å²) < 4.78 is 4.95. The maximum Gasteiger partial charge on any atom is 0.310 e. The van der Waals surface area contributed by atoms with E-state index in [2.05, 4.69) is 36.2 Å². The topological polar surface area (TPSA) is 29.5 Å². The van der Waals surface area contributed by atoms with Gasteiger partial charge in [-0.1, -0.05) is 31.2 Å². The number of likely N-dealkylation sites (N-methyl/N-ethyl adjacent to an activating group) is 1. The van der Waals surface area contributed by atoms with Crippen LogP contribution < -0.4 is 0 Å². The van der Waals surface area contributed by atoms with E-state index in [0.717, 1.165) is 19.4 Å². The number of nitrogens with zero attached hydrogens (tertiary/aromatic N) is 1. The molecule has 0 saturated heterocycles. The second-order valence-corrected chi connectivity index (χ2v) is 4.91. The number of benzene rings is 1. The lowest BCUT2D eigenvalue weighted by molar-refractivity contribution is -0.148. The van der Waals surface area contributed by atoms with Crippen molar-refractivity contribution < 1.29 is 9.53 Å². The van der Waals surface area contributed by atoms with Crippen LogP contribution in [-0.2, 0) is 16.0 Å². The second-order valence-electron chi connectivity index (χ2n) is 4.91. The molecule has 3 nitrogen and oxygen atoms in total. The maximum absolute atomic E-state index is 11.9. The fourth-order valence-corrected chi connectivity index (χ4v) is 2.92. The molecule has 1 aliphatic rings. The molecule has 1 aromatic rings.